The van der Waals surface area contributed by atoms with Crippen LogP contribution in [-0.4, -0.2) is 24.1 Å². The van der Waals surface area contributed by atoms with Gasteiger partial charge in [0.15, 0.2) is 0 Å². The fraction of sp³-hybridized carbons (Fsp3) is 0.231. The lowest BCUT2D eigenvalue weighted by Gasteiger charge is -2.17. The first-order chi connectivity index (χ1) is 8.29. The molecule has 0 aliphatic carbocycles. The second-order valence-electron chi connectivity index (χ2n) is 3.77. The van der Waals surface area contributed by atoms with Crippen LogP contribution in [0.2, 0.25) is 0 Å². The summed E-state index contributed by atoms with van der Waals surface area (Å²) >= 11 is 0. The van der Waals surface area contributed by atoms with Gasteiger partial charge in [-0.05, 0) is 17.7 Å². The minimum Gasteiger partial charge on any atom is -0.497 e. The number of ether oxygens (including phenoxy) is 1. The number of methoxy groups -OCH3 is 1. The van der Waals surface area contributed by atoms with Gasteiger partial charge in [0.25, 0.3) is 0 Å². The molecule has 0 atom stereocenters. The molecule has 0 amide bonds. The van der Waals surface area contributed by atoms with Gasteiger partial charge in [0, 0.05) is 26.0 Å². The molecule has 1 aromatic heterocycles. The number of anilines is 1. The van der Waals surface area contributed by atoms with Crippen LogP contribution in [0.25, 0.3) is 0 Å². The fourth-order valence-corrected chi connectivity index (χ4v) is 1.61. The highest BCUT2D eigenvalue weighted by Gasteiger charge is 2.03. The molecule has 4 heteroatoms. The van der Waals surface area contributed by atoms with Crippen LogP contribution < -0.4 is 9.64 Å². The van der Waals surface area contributed by atoms with E-state index < -0.39 is 0 Å². The Hall–Kier alpha value is -2.10. The Morgan fingerprint density at radius 1 is 1.29 bits per heavy atom. The molecule has 2 rings (SSSR count). The summed E-state index contributed by atoms with van der Waals surface area (Å²) in [7, 11) is 3.66. The van der Waals surface area contributed by atoms with Crippen molar-refractivity contribution in [3.8, 4) is 5.75 Å². The van der Waals surface area contributed by atoms with Crippen molar-refractivity contribution in [2.24, 2.45) is 0 Å². The van der Waals surface area contributed by atoms with Gasteiger partial charge in [-0.15, -0.1) is 0 Å². The topological polar surface area (TPSA) is 38.2 Å². The highest BCUT2D eigenvalue weighted by molar-refractivity contribution is 5.37. The quantitative estimate of drug-likeness (QED) is 0.805. The first-order valence-electron chi connectivity index (χ1n) is 5.39. The molecule has 2 aromatic rings. The molecule has 0 fully saturated rings. The summed E-state index contributed by atoms with van der Waals surface area (Å²) in [5.41, 5.74) is 1.18. The SMILES string of the molecule is COc1cccc(CN(C)c2cnccn2)c1. The first-order valence-corrected chi connectivity index (χ1v) is 5.39. The van der Waals surface area contributed by atoms with Crippen LogP contribution in [0.4, 0.5) is 5.82 Å². The molecular weight excluding hydrogens is 214 g/mol. The van der Waals surface area contributed by atoms with Crippen molar-refractivity contribution in [2.45, 2.75) is 6.54 Å². The van der Waals surface area contributed by atoms with Gasteiger partial charge < -0.3 is 9.64 Å². The third kappa shape index (κ3) is 2.93. The molecule has 0 saturated carbocycles. The van der Waals surface area contributed by atoms with Gasteiger partial charge in [0.05, 0.1) is 13.3 Å². The molecule has 1 heterocycles. The summed E-state index contributed by atoms with van der Waals surface area (Å²) in [6.45, 7) is 0.774. The molecule has 0 saturated heterocycles. The summed E-state index contributed by atoms with van der Waals surface area (Å²) in [6.07, 6.45) is 5.11. The molecule has 0 spiro atoms. The van der Waals surface area contributed by atoms with Crippen molar-refractivity contribution in [3.05, 3.63) is 48.4 Å². The van der Waals surface area contributed by atoms with Crippen LogP contribution >= 0.6 is 0 Å². The van der Waals surface area contributed by atoms with Gasteiger partial charge in [-0.1, -0.05) is 12.1 Å². The van der Waals surface area contributed by atoms with Crippen LogP contribution in [0.15, 0.2) is 42.9 Å². The highest BCUT2D eigenvalue weighted by atomic mass is 16.5. The average molecular weight is 229 g/mol. The van der Waals surface area contributed by atoms with E-state index in [1.165, 1.54) is 5.56 Å². The zero-order valence-corrected chi connectivity index (χ0v) is 10.00. The van der Waals surface area contributed by atoms with Crippen molar-refractivity contribution in [1.82, 2.24) is 9.97 Å². The smallest absolute Gasteiger partial charge is 0.147 e. The van der Waals surface area contributed by atoms with Crippen LogP contribution in [0.1, 0.15) is 5.56 Å². The predicted octanol–water partition coefficient (Wildman–Crippen LogP) is 2.12. The maximum Gasteiger partial charge on any atom is 0.147 e. The summed E-state index contributed by atoms with van der Waals surface area (Å²) in [4.78, 5) is 10.3. The lowest BCUT2D eigenvalue weighted by atomic mass is 10.2. The largest absolute Gasteiger partial charge is 0.497 e. The Bertz CT molecular complexity index is 473. The Morgan fingerprint density at radius 2 is 2.18 bits per heavy atom. The number of hydrogen-bond acceptors (Lipinski definition) is 4. The summed E-state index contributed by atoms with van der Waals surface area (Å²) in [6, 6.07) is 8.01. The Balaban J connectivity index is 2.10. The zero-order chi connectivity index (χ0) is 12.1. The number of nitrogens with zero attached hydrogens (tertiary/aromatic N) is 3. The number of benzene rings is 1. The number of hydrogen-bond donors (Lipinski definition) is 0. The van der Waals surface area contributed by atoms with Crippen molar-refractivity contribution in [2.75, 3.05) is 19.1 Å². The normalized spacial score (nSPS) is 10.0. The molecule has 1 aromatic carbocycles. The van der Waals surface area contributed by atoms with Gasteiger partial charge in [0.2, 0.25) is 0 Å². The third-order valence-corrected chi connectivity index (χ3v) is 2.49. The summed E-state index contributed by atoms with van der Waals surface area (Å²) in [5, 5.41) is 0. The van der Waals surface area contributed by atoms with Crippen molar-refractivity contribution < 1.29 is 4.74 Å². The maximum absolute atomic E-state index is 5.20. The molecule has 0 unspecified atom stereocenters. The van der Waals surface area contributed by atoms with Crippen LogP contribution in [0.5, 0.6) is 5.75 Å². The number of rotatable bonds is 4. The first kappa shape index (κ1) is 11.4. The Labute approximate surface area is 101 Å². The maximum atomic E-state index is 5.20. The van der Waals surface area contributed by atoms with E-state index in [1.54, 1.807) is 25.7 Å². The highest BCUT2D eigenvalue weighted by Crippen LogP contribution is 2.15. The fourth-order valence-electron chi connectivity index (χ4n) is 1.61. The second kappa shape index (κ2) is 5.30. The molecule has 0 N–H and O–H groups in total. The molecule has 17 heavy (non-hydrogen) atoms. The van der Waals surface area contributed by atoms with Crippen LogP contribution in [-0.2, 0) is 6.54 Å². The zero-order valence-electron chi connectivity index (χ0n) is 10.00. The lowest BCUT2D eigenvalue weighted by Crippen LogP contribution is -2.17. The van der Waals surface area contributed by atoms with Gasteiger partial charge in [0.1, 0.15) is 11.6 Å². The van der Waals surface area contributed by atoms with E-state index in [0.717, 1.165) is 18.1 Å². The van der Waals surface area contributed by atoms with E-state index in [4.69, 9.17) is 4.74 Å². The Morgan fingerprint density at radius 3 is 2.88 bits per heavy atom. The van der Waals surface area contributed by atoms with Crippen LogP contribution in [0.3, 0.4) is 0 Å². The van der Waals surface area contributed by atoms with Gasteiger partial charge in [-0.25, -0.2) is 4.98 Å². The van der Waals surface area contributed by atoms with Crippen molar-refractivity contribution in [1.29, 1.82) is 0 Å². The molecule has 0 bridgehead atoms. The van der Waals surface area contributed by atoms with E-state index in [2.05, 4.69) is 16.0 Å². The molecular formula is C13H15N3O. The summed E-state index contributed by atoms with van der Waals surface area (Å²) in [5.74, 6) is 1.73. The molecule has 0 aliphatic heterocycles. The van der Waals surface area contributed by atoms with Gasteiger partial charge in [-0.2, -0.15) is 0 Å². The monoisotopic (exact) mass is 229 g/mol. The van der Waals surface area contributed by atoms with Crippen molar-refractivity contribution in [3.63, 3.8) is 0 Å². The standard InChI is InChI=1S/C13H15N3O/c1-16(13-9-14-6-7-15-13)10-11-4-3-5-12(8-11)17-2/h3-9H,10H2,1-2H3. The molecule has 88 valence electrons. The van der Waals surface area contributed by atoms with Crippen molar-refractivity contribution >= 4 is 5.82 Å². The van der Waals surface area contributed by atoms with E-state index in [9.17, 15) is 0 Å². The van der Waals surface area contributed by atoms with E-state index in [0.29, 0.717) is 0 Å². The van der Waals surface area contributed by atoms with E-state index >= 15 is 0 Å². The predicted molar refractivity (Wildman–Crippen MR) is 67.1 cm³/mol. The van der Waals surface area contributed by atoms with Gasteiger partial charge >= 0.3 is 0 Å². The average Bonchev–Trinajstić information content (AvgIpc) is 2.40. The minimum absolute atomic E-state index is 0.774. The Kier molecular flexibility index (Phi) is 3.55. The number of aromatic nitrogens is 2. The minimum atomic E-state index is 0.774. The van der Waals surface area contributed by atoms with Gasteiger partial charge in [-0.3, -0.25) is 4.98 Å². The molecule has 0 radical (unpaired) electrons. The lowest BCUT2D eigenvalue weighted by molar-refractivity contribution is 0.414. The van der Waals surface area contributed by atoms with E-state index in [1.807, 2.05) is 30.1 Å². The molecule has 4 nitrogen and oxygen atoms in total. The third-order valence-electron chi connectivity index (χ3n) is 2.49. The molecule has 0 aliphatic rings. The second-order valence-corrected chi connectivity index (χ2v) is 3.77. The van der Waals surface area contributed by atoms with Crippen LogP contribution in [0, 0.1) is 0 Å². The summed E-state index contributed by atoms with van der Waals surface area (Å²) < 4.78 is 5.20. The van der Waals surface area contributed by atoms with E-state index in [-0.39, 0.29) is 0 Å².